The third kappa shape index (κ3) is 3.63. The zero-order valence-corrected chi connectivity index (χ0v) is 17.5. The van der Waals surface area contributed by atoms with E-state index in [9.17, 15) is 14.4 Å². The number of hydrogen-bond acceptors (Lipinski definition) is 6. The molecule has 0 radical (unpaired) electrons. The van der Waals surface area contributed by atoms with E-state index in [2.05, 4.69) is 4.99 Å². The molecule has 1 aromatic rings. The highest BCUT2D eigenvalue weighted by molar-refractivity contribution is 6.17. The Morgan fingerprint density at radius 2 is 1.86 bits per heavy atom. The van der Waals surface area contributed by atoms with Gasteiger partial charge in [0.2, 0.25) is 0 Å². The first-order valence-corrected chi connectivity index (χ1v) is 9.94. The number of ether oxygens (including phenoxy) is 2. The number of esters is 2. The van der Waals surface area contributed by atoms with Crippen LogP contribution in [0.5, 0.6) is 0 Å². The Kier molecular flexibility index (Phi) is 6.01. The number of carbonyl (C=O) groups excluding carboxylic acids is 3. The number of Topliss-reactive ketones (excluding diaryl/α,β-unsaturated/α-hetero) is 1. The molecule has 2 aliphatic rings. The van der Waals surface area contributed by atoms with Gasteiger partial charge in [0.05, 0.1) is 25.2 Å². The quantitative estimate of drug-likeness (QED) is 0.575. The lowest BCUT2D eigenvalue weighted by Crippen LogP contribution is -2.48. The van der Waals surface area contributed by atoms with Gasteiger partial charge < -0.3 is 9.47 Å². The van der Waals surface area contributed by atoms with Crippen molar-refractivity contribution in [1.29, 1.82) is 0 Å². The molecule has 0 spiro atoms. The summed E-state index contributed by atoms with van der Waals surface area (Å²) in [7, 11) is 1.29. The molecule has 6 heteroatoms. The van der Waals surface area contributed by atoms with Gasteiger partial charge >= 0.3 is 11.9 Å². The number of benzene rings is 1. The molecular weight excluding hydrogens is 370 g/mol. The van der Waals surface area contributed by atoms with Crippen molar-refractivity contribution >= 4 is 23.4 Å². The van der Waals surface area contributed by atoms with Crippen molar-refractivity contribution in [2.24, 2.45) is 22.7 Å². The Morgan fingerprint density at radius 1 is 1.17 bits per heavy atom. The van der Waals surface area contributed by atoms with Gasteiger partial charge in [-0.1, -0.05) is 31.2 Å². The maximum Gasteiger partial charge on any atom is 0.336 e. The molecule has 3 rings (SSSR count). The predicted octanol–water partition coefficient (Wildman–Crippen LogP) is 3.38. The lowest BCUT2D eigenvalue weighted by Gasteiger charge is -2.40. The second-order valence-corrected chi connectivity index (χ2v) is 7.72. The van der Waals surface area contributed by atoms with Crippen LogP contribution < -0.4 is 0 Å². The van der Waals surface area contributed by atoms with Crippen LogP contribution in [-0.2, 0) is 23.9 Å². The molecule has 0 bridgehead atoms. The minimum atomic E-state index is -0.864. The Balaban J connectivity index is 2.20. The van der Waals surface area contributed by atoms with Crippen LogP contribution in [0.4, 0.5) is 0 Å². The first-order chi connectivity index (χ1) is 13.8. The maximum absolute atomic E-state index is 13.5. The van der Waals surface area contributed by atoms with Gasteiger partial charge in [0.15, 0.2) is 5.78 Å². The summed E-state index contributed by atoms with van der Waals surface area (Å²) in [5.74, 6) is -3.53. The van der Waals surface area contributed by atoms with Crippen LogP contribution in [0.15, 0.2) is 40.5 Å². The monoisotopic (exact) mass is 397 g/mol. The number of methoxy groups -OCH3 is 1. The normalized spacial score (nSPS) is 26.5. The van der Waals surface area contributed by atoms with E-state index in [1.807, 2.05) is 38.1 Å². The smallest absolute Gasteiger partial charge is 0.336 e. The highest BCUT2D eigenvalue weighted by Gasteiger charge is 2.51. The first-order valence-electron chi connectivity index (χ1n) is 9.94. The third-order valence-corrected chi connectivity index (χ3v) is 5.89. The number of rotatable bonds is 4. The van der Waals surface area contributed by atoms with Crippen LogP contribution in [0.3, 0.4) is 0 Å². The molecule has 0 unspecified atom stereocenters. The third-order valence-electron chi connectivity index (χ3n) is 5.89. The number of ketones is 1. The van der Waals surface area contributed by atoms with Crippen molar-refractivity contribution in [2.45, 2.75) is 40.0 Å². The topological polar surface area (TPSA) is 82.0 Å². The highest BCUT2D eigenvalue weighted by Crippen LogP contribution is 2.46. The van der Waals surface area contributed by atoms with Crippen molar-refractivity contribution in [1.82, 2.24) is 0 Å². The number of allylic oxidation sites excluding steroid dienone is 1. The fourth-order valence-corrected chi connectivity index (χ4v) is 4.58. The average molecular weight is 397 g/mol. The van der Waals surface area contributed by atoms with E-state index in [-0.39, 0.29) is 18.3 Å². The summed E-state index contributed by atoms with van der Waals surface area (Å²) >= 11 is 0. The molecule has 0 amide bonds. The summed E-state index contributed by atoms with van der Waals surface area (Å²) in [4.78, 5) is 43.4. The molecule has 0 saturated heterocycles. The molecule has 6 nitrogen and oxygen atoms in total. The van der Waals surface area contributed by atoms with Crippen LogP contribution in [0.2, 0.25) is 0 Å². The second-order valence-electron chi connectivity index (χ2n) is 7.72. The van der Waals surface area contributed by atoms with E-state index < -0.39 is 29.7 Å². The van der Waals surface area contributed by atoms with Crippen LogP contribution in [-0.4, -0.2) is 37.2 Å². The number of aliphatic imine (C=N–C) groups is 1. The number of nitrogens with zero attached hydrogens (tertiary/aromatic N) is 1. The van der Waals surface area contributed by atoms with Crippen LogP contribution in [0, 0.1) is 24.7 Å². The van der Waals surface area contributed by atoms with Crippen molar-refractivity contribution in [3.63, 3.8) is 0 Å². The summed E-state index contributed by atoms with van der Waals surface area (Å²) in [5.41, 5.74) is 3.52. The summed E-state index contributed by atoms with van der Waals surface area (Å²) in [5, 5.41) is 0. The molecule has 1 aliphatic carbocycles. The molecule has 1 fully saturated rings. The molecule has 29 heavy (non-hydrogen) atoms. The van der Waals surface area contributed by atoms with Crippen molar-refractivity contribution in [3.05, 3.63) is 46.7 Å². The van der Waals surface area contributed by atoms with Crippen LogP contribution in [0.25, 0.3) is 0 Å². The van der Waals surface area contributed by atoms with Gasteiger partial charge in [-0.05, 0) is 44.2 Å². The minimum Gasteiger partial charge on any atom is -0.468 e. The standard InChI is InChI=1S/C23H27NO5/c1-6-29-23(27)18-14(4)24-16-11-13(3)17(22(26)28-5)21(25)20(16)19(18)15-10-8-7-9-12(15)2/h7-10,13,17,19-20H,6,11H2,1-5H3/t13-,17+,19-,20+/m1/s1. The van der Waals surface area contributed by atoms with Crippen molar-refractivity contribution in [2.75, 3.05) is 13.7 Å². The summed E-state index contributed by atoms with van der Waals surface area (Å²) in [6.07, 6.45) is 0.506. The molecule has 1 aromatic carbocycles. The highest BCUT2D eigenvalue weighted by atomic mass is 16.5. The Morgan fingerprint density at radius 3 is 2.48 bits per heavy atom. The molecule has 0 N–H and O–H groups in total. The SMILES string of the molecule is CCOC(=O)C1=C(C)N=C2C[C@@H](C)[C@H](C(=O)OC)C(=O)[C@@H]2[C@@H]1c1ccccc1C. The second kappa shape index (κ2) is 8.31. The molecular formula is C23H27NO5. The fraction of sp³-hybridized carbons (Fsp3) is 0.478. The zero-order chi connectivity index (χ0) is 21.3. The summed E-state index contributed by atoms with van der Waals surface area (Å²) in [6, 6.07) is 7.68. The van der Waals surface area contributed by atoms with Gasteiger partial charge in [-0.2, -0.15) is 0 Å². The lowest BCUT2D eigenvalue weighted by atomic mass is 9.63. The van der Waals surface area contributed by atoms with E-state index in [1.165, 1.54) is 7.11 Å². The molecule has 154 valence electrons. The molecule has 1 heterocycles. The van der Waals surface area contributed by atoms with E-state index in [4.69, 9.17) is 9.47 Å². The van der Waals surface area contributed by atoms with Gasteiger partial charge in [-0.3, -0.25) is 14.6 Å². The largest absolute Gasteiger partial charge is 0.468 e. The van der Waals surface area contributed by atoms with E-state index in [0.29, 0.717) is 17.7 Å². The minimum absolute atomic E-state index is 0.209. The lowest BCUT2D eigenvalue weighted by molar-refractivity contribution is -0.152. The van der Waals surface area contributed by atoms with Crippen molar-refractivity contribution < 1.29 is 23.9 Å². The van der Waals surface area contributed by atoms with Gasteiger partial charge in [-0.15, -0.1) is 0 Å². The van der Waals surface area contributed by atoms with Crippen LogP contribution >= 0.6 is 0 Å². The molecule has 1 aliphatic heterocycles. The van der Waals surface area contributed by atoms with E-state index >= 15 is 0 Å². The van der Waals surface area contributed by atoms with Crippen LogP contribution in [0.1, 0.15) is 44.2 Å². The Hall–Kier alpha value is -2.76. The molecule has 0 aromatic heterocycles. The van der Waals surface area contributed by atoms with Gasteiger partial charge in [-0.25, -0.2) is 4.79 Å². The number of hydrogen-bond donors (Lipinski definition) is 0. The first kappa shape index (κ1) is 21.0. The average Bonchev–Trinajstić information content (AvgIpc) is 2.67. The summed E-state index contributed by atoms with van der Waals surface area (Å²) < 4.78 is 10.2. The fourth-order valence-electron chi connectivity index (χ4n) is 4.58. The number of carbonyl (C=O) groups is 3. The number of aryl methyl sites for hydroxylation is 1. The van der Waals surface area contributed by atoms with Crippen molar-refractivity contribution in [3.8, 4) is 0 Å². The summed E-state index contributed by atoms with van der Waals surface area (Å²) in [6.45, 7) is 7.57. The van der Waals surface area contributed by atoms with Gasteiger partial charge in [0.1, 0.15) is 5.92 Å². The zero-order valence-electron chi connectivity index (χ0n) is 17.5. The van der Waals surface area contributed by atoms with E-state index in [0.717, 1.165) is 16.8 Å². The Bertz CT molecular complexity index is 914. The number of fused-ring (bicyclic) bond motifs is 1. The Labute approximate surface area is 171 Å². The van der Waals surface area contributed by atoms with Gasteiger partial charge in [0, 0.05) is 17.3 Å². The van der Waals surface area contributed by atoms with E-state index in [1.54, 1.807) is 13.8 Å². The maximum atomic E-state index is 13.5. The molecule has 4 atom stereocenters. The predicted molar refractivity (Wildman–Crippen MR) is 108 cm³/mol. The molecule has 1 saturated carbocycles. The van der Waals surface area contributed by atoms with Gasteiger partial charge in [0.25, 0.3) is 0 Å².